The van der Waals surface area contributed by atoms with Crippen LogP contribution in [0.25, 0.3) is 11.1 Å². The van der Waals surface area contributed by atoms with E-state index >= 15 is 0 Å². The van der Waals surface area contributed by atoms with E-state index in [2.05, 4.69) is 9.97 Å². The predicted molar refractivity (Wildman–Crippen MR) is 59.8 cm³/mol. The topological polar surface area (TPSA) is 69.5 Å². The monoisotopic (exact) mass is 229 g/mol. The lowest BCUT2D eigenvalue weighted by Crippen LogP contribution is -2.13. The van der Waals surface area contributed by atoms with Crippen LogP contribution >= 0.6 is 0 Å². The molecular formula is C12H8FN3O. The first kappa shape index (κ1) is 11.0. The van der Waals surface area contributed by atoms with E-state index in [4.69, 9.17) is 5.26 Å². The number of nitrogens with zero attached hydrogens (tertiary/aromatic N) is 2. The van der Waals surface area contributed by atoms with Crippen LogP contribution in [0.5, 0.6) is 0 Å². The van der Waals surface area contributed by atoms with Crippen LogP contribution in [0.2, 0.25) is 0 Å². The minimum Gasteiger partial charge on any atom is -0.327 e. The molecule has 0 spiro atoms. The Kier molecular flexibility index (Phi) is 2.97. The number of aromatic amines is 1. The van der Waals surface area contributed by atoms with Gasteiger partial charge in [-0.1, -0.05) is 0 Å². The predicted octanol–water partition coefficient (Wildman–Crippen LogP) is 1.78. The summed E-state index contributed by atoms with van der Waals surface area (Å²) < 4.78 is 13.0. The number of nitriles is 1. The molecule has 0 aliphatic heterocycles. The number of halogens is 1. The van der Waals surface area contributed by atoms with Crippen molar-refractivity contribution < 1.29 is 4.39 Å². The highest BCUT2D eigenvalue weighted by molar-refractivity contribution is 5.68. The number of alkyl halides is 1. The summed E-state index contributed by atoms with van der Waals surface area (Å²) in [6.45, 7) is -0.857. The Morgan fingerprint density at radius 3 is 2.71 bits per heavy atom. The molecule has 0 fully saturated rings. The molecule has 2 heterocycles. The second-order valence-corrected chi connectivity index (χ2v) is 3.37. The van der Waals surface area contributed by atoms with Gasteiger partial charge in [-0.25, -0.2) is 4.39 Å². The van der Waals surface area contributed by atoms with Gasteiger partial charge < -0.3 is 4.98 Å². The number of rotatable bonds is 2. The average molecular weight is 229 g/mol. The number of aromatic nitrogens is 2. The Morgan fingerprint density at radius 1 is 1.41 bits per heavy atom. The van der Waals surface area contributed by atoms with Crippen molar-refractivity contribution in [2.24, 2.45) is 0 Å². The van der Waals surface area contributed by atoms with E-state index in [9.17, 15) is 9.18 Å². The fourth-order valence-electron chi connectivity index (χ4n) is 1.61. The van der Waals surface area contributed by atoms with Gasteiger partial charge in [0.05, 0.1) is 0 Å². The second-order valence-electron chi connectivity index (χ2n) is 3.37. The van der Waals surface area contributed by atoms with Crippen molar-refractivity contribution in [1.29, 1.82) is 5.26 Å². The molecule has 5 heteroatoms. The summed E-state index contributed by atoms with van der Waals surface area (Å²) in [5, 5.41) is 8.85. The van der Waals surface area contributed by atoms with E-state index in [0.29, 0.717) is 11.1 Å². The molecule has 0 unspecified atom stereocenters. The average Bonchev–Trinajstić information content (AvgIpc) is 2.39. The van der Waals surface area contributed by atoms with Crippen LogP contribution in [-0.4, -0.2) is 9.97 Å². The lowest BCUT2D eigenvalue weighted by Gasteiger charge is -2.07. The summed E-state index contributed by atoms with van der Waals surface area (Å²) in [5.74, 6) is 0. The zero-order valence-electron chi connectivity index (χ0n) is 8.77. The first-order valence-electron chi connectivity index (χ1n) is 4.89. The lowest BCUT2D eigenvalue weighted by molar-refractivity contribution is 0.485. The molecule has 0 aromatic carbocycles. The van der Waals surface area contributed by atoms with Gasteiger partial charge in [-0.2, -0.15) is 5.26 Å². The van der Waals surface area contributed by atoms with E-state index < -0.39 is 12.2 Å². The van der Waals surface area contributed by atoms with Crippen LogP contribution in [0.4, 0.5) is 4.39 Å². The smallest absolute Gasteiger partial charge is 0.266 e. The molecule has 0 bridgehead atoms. The standard InChI is InChI=1S/C12H8FN3O/c13-5-9-10(6-14)12(17)16-7-11(9)8-1-3-15-4-2-8/h1-4,7H,5H2,(H,16,17). The number of nitrogens with one attached hydrogen (secondary N) is 1. The minimum atomic E-state index is -0.857. The van der Waals surface area contributed by atoms with Crippen molar-refractivity contribution in [2.75, 3.05) is 0 Å². The maximum atomic E-state index is 13.0. The first-order chi connectivity index (χ1) is 8.27. The van der Waals surface area contributed by atoms with Crippen LogP contribution in [0.15, 0.2) is 35.5 Å². The fraction of sp³-hybridized carbons (Fsp3) is 0.0833. The molecular weight excluding hydrogens is 221 g/mol. The van der Waals surface area contributed by atoms with E-state index in [1.165, 1.54) is 6.20 Å². The van der Waals surface area contributed by atoms with E-state index in [0.717, 1.165) is 0 Å². The molecule has 0 aliphatic carbocycles. The molecule has 0 atom stereocenters. The molecule has 84 valence electrons. The number of hydrogen-bond acceptors (Lipinski definition) is 3. The highest BCUT2D eigenvalue weighted by Crippen LogP contribution is 2.23. The van der Waals surface area contributed by atoms with Gasteiger partial charge in [0.25, 0.3) is 5.56 Å². The van der Waals surface area contributed by atoms with Gasteiger partial charge in [0.15, 0.2) is 0 Å². The maximum absolute atomic E-state index is 13.0. The normalized spacial score (nSPS) is 9.88. The highest BCUT2D eigenvalue weighted by atomic mass is 19.1. The van der Waals surface area contributed by atoms with Gasteiger partial charge >= 0.3 is 0 Å². The van der Waals surface area contributed by atoms with Gasteiger partial charge in [0.2, 0.25) is 0 Å². The molecule has 1 N–H and O–H groups in total. The third-order valence-corrected chi connectivity index (χ3v) is 2.44. The highest BCUT2D eigenvalue weighted by Gasteiger charge is 2.13. The van der Waals surface area contributed by atoms with Gasteiger partial charge in [-0.05, 0) is 17.7 Å². The van der Waals surface area contributed by atoms with Crippen molar-refractivity contribution in [3.05, 3.63) is 52.2 Å². The zero-order chi connectivity index (χ0) is 12.3. The number of pyridine rings is 2. The first-order valence-corrected chi connectivity index (χ1v) is 4.89. The Morgan fingerprint density at radius 2 is 2.12 bits per heavy atom. The van der Waals surface area contributed by atoms with Crippen molar-refractivity contribution in [1.82, 2.24) is 9.97 Å². The quantitative estimate of drug-likeness (QED) is 0.853. The third-order valence-electron chi connectivity index (χ3n) is 2.44. The van der Waals surface area contributed by atoms with E-state index in [-0.39, 0.29) is 11.1 Å². The van der Waals surface area contributed by atoms with Gasteiger partial charge in [-0.3, -0.25) is 9.78 Å². The Balaban J connectivity index is 2.73. The molecule has 0 saturated carbocycles. The van der Waals surface area contributed by atoms with Gasteiger partial charge in [-0.15, -0.1) is 0 Å². The number of hydrogen-bond donors (Lipinski definition) is 1. The summed E-state index contributed by atoms with van der Waals surface area (Å²) in [7, 11) is 0. The SMILES string of the molecule is N#Cc1c(CF)c(-c2ccncc2)c[nH]c1=O. The summed E-state index contributed by atoms with van der Waals surface area (Å²) >= 11 is 0. The van der Waals surface area contributed by atoms with Crippen molar-refractivity contribution >= 4 is 0 Å². The van der Waals surface area contributed by atoms with Crippen LogP contribution in [0.3, 0.4) is 0 Å². The third kappa shape index (κ3) is 1.93. The largest absolute Gasteiger partial charge is 0.327 e. The molecule has 2 rings (SSSR count). The van der Waals surface area contributed by atoms with Crippen LogP contribution in [0, 0.1) is 11.3 Å². The summed E-state index contributed by atoms with van der Waals surface area (Å²) in [6, 6.07) is 5.10. The van der Waals surface area contributed by atoms with Crippen LogP contribution < -0.4 is 5.56 Å². The van der Waals surface area contributed by atoms with Crippen molar-refractivity contribution in [2.45, 2.75) is 6.67 Å². The molecule has 0 radical (unpaired) electrons. The molecule has 4 nitrogen and oxygen atoms in total. The minimum absolute atomic E-state index is 0.113. The molecule has 2 aromatic heterocycles. The Bertz CT molecular complexity index is 628. The maximum Gasteiger partial charge on any atom is 0.266 e. The van der Waals surface area contributed by atoms with Crippen LogP contribution in [0.1, 0.15) is 11.1 Å². The lowest BCUT2D eigenvalue weighted by atomic mass is 10.0. The summed E-state index contributed by atoms with van der Waals surface area (Å²) in [5.41, 5.74) is 0.577. The van der Waals surface area contributed by atoms with Crippen LogP contribution in [-0.2, 0) is 6.67 Å². The van der Waals surface area contributed by atoms with Crippen molar-refractivity contribution in [3.8, 4) is 17.2 Å². The fourth-order valence-corrected chi connectivity index (χ4v) is 1.61. The second kappa shape index (κ2) is 4.58. The molecule has 17 heavy (non-hydrogen) atoms. The Hall–Kier alpha value is -2.48. The Labute approximate surface area is 96.4 Å². The summed E-state index contributed by atoms with van der Waals surface area (Å²) in [6.07, 6.45) is 4.54. The number of H-pyrrole nitrogens is 1. The molecule has 0 aliphatic rings. The van der Waals surface area contributed by atoms with E-state index in [1.807, 2.05) is 0 Å². The molecule has 0 amide bonds. The van der Waals surface area contributed by atoms with E-state index in [1.54, 1.807) is 30.6 Å². The van der Waals surface area contributed by atoms with Crippen molar-refractivity contribution in [3.63, 3.8) is 0 Å². The zero-order valence-corrected chi connectivity index (χ0v) is 8.77. The summed E-state index contributed by atoms with van der Waals surface area (Å²) in [4.78, 5) is 17.6. The van der Waals surface area contributed by atoms with Gasteiger partial charge in [0, 0.05) is 29.7 Å². The molecule has 0 saturated heterocycles. The van der Waals surface area contributed by atoms with Gasteiger partial charge in [0.1, 0.15) is 18.3 Å². The molecule has 2 aromatic rings.